The number of nitrogens with zero attached hydrogens (tertiary/aromatic N) is 2. The quantitative estimate of drug-likeness (QED) is 0.629. The van der Waals surface area contributed by atoms with Gasteiger partial charge in [0.05, 0.1) is 26.6 Å². The molecule has 8 heteroatoms. The first-order valence-electron chi connectivity index (χ1n) is 6.39. The second kappa shape index (κ2) is 6.60. The van der Waals surface area contributed by atoms with Crippen molar-refractivity contribution in [2.45, 2.75) is 18.9 Å². The molecule has 114 valence electrons. The number of nitro benzene ring substituents is 1. The molecular weight excluding hydrogens is 319 g/mol. The van der Waals surface area contributed by atoms with Crippen LogP contribution in [0.1, 0.15) is 23.2 Å². The van der Waals surface area contributed by atoms with Gasteiger partial charge in [0, 0.05) is 32.3 Å². The van der Waals surface area contributed by atoms with Crippen LogP contribution in [-0.4, -0.2) is 42.0 Å². The maximum absolute atomic E-state index is 12.5. The second-order valence-corrected chi connectivity index (χ2v) is 5.56. The molecule has 0 saturated carbocycles. The van der Waals surface area contributed by atoms with E-state index < -0.39 is 4.92 Å². The van der Waals surface area contributed by atoms with Crippen LogP contribution in [-0.2, 0) is 4.74 Å². The lowest BCUT2D eigenvalue weighted by Crippen LogP contribution is -2.40. The Hall–Kier alpha value is -1.37. The number of halogens is 2. The Bertz CT molecular complexity index is 572. The number of carbonyl (C=O) groups excluding carboxylic acids is 1. The maximum atomic E-state index is 12.5. The summed E-state index contributed by atoms with van der Waals surface area (Å²) in [7, 11) is 1.64. The van der Waals surface area contributed by atoms with Crippen molar-refractivity contribution in [1.82, 2.24) is 4.90 Å². The van der Waals surface area contributed by atoms with Gasteiger partial charge in [-0.3, -0.25) is 14.9 Å². The molecule has 1 saturated heterocycles. The Morgan fingerprint density at radius 1 is 1.38 bits per heavy atom. The predicted molar refractivity (Wildman–Crippen MR) is 79.1 cm³/mol. The Balaban J connectivity index is 2.25. The summed E-state index contributed by atoms with van der Waals surface area (Å²) in [6.07, 6.45) is 1.59. The summed E-state index contributed by atoms with van der Waals surface area (Å²) in [5.74, 6) is -0.347. The topological polar surface area (TPSA) is 72.7 Å². The summed E-state index contributed by atoms with van der Waals surface area (Å²) < 4.78 is 5.24. The zero-order valence-electron chi connectivity index (χ0n) is 11.3. The highest BCUT2D eigenvalue weighted by Gasteiger charge is 2.27. The number of carbonyl (C=O) groups is 1. The van der Waals surface area contributed by atoms with Gasteiger partial charge < -0.3 is 9.64 Å². The summed E-state index contributed by atoms with van der Waals surface area (Å²) in [4.78, 5) is 24.3. The van der Waals surface area contributed by atoms with Gasteiger partial charge >= 0.3 is 0 Å². The molecule has 1 amide bonds. The lowest BCUT2D eigenvalue weighted by Gasteiger charge is -2.31. The number of benzene rings is 1. The molecule has 1 fully saturated rings. The molecule has 1 heterocycles. The number of likely N-dealkylation sites (tertiary alicyclic amines) is 1. The van der Waals surface area contributed by atoms with Crippen LogP contribution in [0.3, 0.4) is 0 Å². The third-order valence-electron chi connectivity index (χ3n) is 3.52. The third-order valence-corrected chi connectivity index (χ3v) is 4.32. The molecule has 1 aliphatic heterocycles. The molecule has 0 radical (unpaired) electrons. The summed E-state index contributed by atoms with van der Waals surface area (Å²) >= 11 is 11.9. The van der Waals surface area contributed by atoms with Crippen LogP contribution in [0.25, 0.3) is 0 Å². The zero-order valence-corrected chi connectivity index (χ0v) is 12.9. The summed E-state index contributed by atoms with van der Waals surface area (Å²) in [6, 6.07) is 2.30. The standard InChI is InChI=1S/C13H14Cl2N2O4/c1-21-9-2-4-16(5-3-9)13(18)10-6-8(17(19)20)7-11(14)12(10)15/h6-7,9H,2-5H2,1H3. The number of amides is 1. The molecule has 2 rings (SSSR count). The largest absolute Gasteiger partial charge is 0.381 e. The van der Waals surface area contributed by atoms with Crippen LogP contribution in [0, 0.1) is 10.1 Å². The molecular formula is C13H14Cl2N2O4. The highest BCUT2D eigenvalue weighted by atomic mass is 35.5. The fraction of sp³-hybridized carbons (Fsp3) is 0.462. The van der Waals surface area contributed by atoms with E-state index in [1.54, 1.807) is 12.0 Å². The van der Waals surface area contributed by atoms with Gasteiger partial charge in [-0.05, 0) is 12.8 Å². The summed E-state index contributed by atoms with van der Waals surface area (Å²) in [6.45, 7) is 1.04. The molecule has 6 nitrogen and oxygen atoms in total. The van der Waals surface area contributed by atoms with Crippen molar-refractivity contribution < 1.29 is 14.5 Å². The molecule has 0 unspecified atom stereocenters. The van der Waals surface area contributed by atoms with E-state index in [0.717, 1.165) is 18.9 Å². The Kier molecular flexibility index (Phi) is 5.03. The molecule has 0 aliphatic carbocycles. The van der Waals surface area contributed by atoms with Crippen molar-refractivity contribution in [2.24, 2.45) is 0 Å². The van der Waals surface area contributed by atoms with Gasteiger partial charge in [-0.1, -0.05) is 23.2 Å². The fourth-order valence-corrected chi connectivity index (χ4v) is 2.70. The van der Waals surface area contributed by atoms with Gasteiger partial charge in [-0.25, -0.2) is 0 Å². The van der Waals surface area contributed by atoms with Crippen molar-refractivity contribution in [3.63, 3.8) is 0 Å². The molecule has 1 aromatic carbocycles. The Labute approximate surface area is 131 Å². The predicted octanol–water partition coefficient (Wildman–Crippen LogP) is 3.15. The van der Waals surface area contributed by atoms with E-state index in [1.165, 1.54) is 6.07 Å². The van der Waals surface area contributed by atoms with Gasteiger partial charge in [0.15, 0.2) is 0 Å². The number of nitro groups is 1. The average molecular weight is 333 g/mol. The Morgan fingerprint density at radius 3 is 2.52 bits per heavy atom. The highest BCUT2D eigenvalue weighted by molar-refractivity contribution is 6.44. The van der Waals surface area contributed by atoms with Crippen LogP contribution in [0.4, 0.5) is 5.69 Å². The lowest BCUT2D eigenvalue weighted by atomic mass is 10.1. The molecule has 0 N–H and O–H groups in total. The first kappa shape index (κ1) is 16.0. The number of rotatable bonds is 3. The van der Waals surface area contributed by atoms with E-state index >= 15 is 0 Å². The van der Waals surface area contributed by atoms with Gasteiger partial charge in [-0.15, -0.1) is 0 Å². The van der Waals surface area contributed by atoms with Crippen LogP contribution >= 0.6 is 23.2 Å². The molecule has 1 aliphatic rings. The lowest BCUT2D eigenvalue weighted by molar-refractivity contribution is -0.384. The van der Waals surface area contributed by atoms with E-state index in [1.807, 2.05) is 0 Å². The SMILES string of the molecule is COC1CCN(C(=O)c2cc([N+](=O)[O-])cc(Cl)c2Cl)CC1. The van der Waals surface area contributed by atoms with E-state index in [-0.39, 0.29) is 33.3 Å². The van der Waals surface area contributed by atoms with Crippen molar-refractivity contribution in [3.05, 3.63) is 37.9 Å². The third kappa shape index (κ3) is 3.45. The monoisotopic (exact) mass is 332 g/mol. The van der Waals surface area contributed by atoms with Crippen molar-refractivity contribution >= 4 is 34.8 Å². The minimum Gasteiger partial charge on any atom is -0.381 e. The summed E-state index contributed by atoms with van der Waals surface area (Å²) in [5.41, 5.74) is -0.189. The van der Waals surface area contributed by atoms with Crippen LogP contribution in [0.2, 0.25) is 10.0 Å². The summed E-state index contributed by atoms with van der Waals surface area (Å²) in [5, 5.41) is 10.9. The number of hydrogen-bond donors (Lipinski definition) is 0. The number of methoxy groups -OCH3 is 1. The normalized spacial score (nSPS) is 16.0. The number of ether oxygens (including phenoxy) is 1. The molecule has 1 aromatic rings. The molecule has 21 heavy (non-hydrogen) atoms. The second-order valence-electron chi connectivity index (χ2n) is 4.77. The van der Waals surface area contributed by atoms with Crippen LogP contribution < -0.4 is 0 Å². The van der Waals surface area contributed by atoms with Crippen LogP contribution in [0.5, 0.6) is 0 Å². The molecule has 0 aromatic heterocycles. The first-order chi connectivity index (χ1) is 9.93. The number of piperidine rings is 1. The average Bonchev–Trinajstić information content (AvgIpc) is 2.49. The molecule has 0 spiro atoms. The minimum atomic E-state index is -0.601. The maximum Gasteiger partial charge on any atom is 0.271 e. The smallest absolute Gasteiger partial charge is 0.271 e. The number of hydrogen-bond acceptors (Lipinski definition) is 4. The van der Waals surface area contributed by atoms with E-state index in [0.29, 0.717) is 13.1 Å². The van der Waals surface area contributed by atoms with Crippen molar-refractivity contribution in [2.75, 3.05) is 20.2 Å². The fourth-order valence-electron chi connectivity index (χ4n) is 2.30. The Morgan fingerprint density at radius 2 is 2.00 bits per heavy atom. The van der Waals surface area contributed by atoms with E-state index in [9.17, 15) is 14.9 Å². The van der Waals surface area contributed by atoms with Gasteiger partial charge in [0.25, 0.3) is 11.6 Å². The minimum absolute atomic E-state index is 0.000921. The van der Waals surface area contributed by atoms with E-state index in [4.69, 9.17) is 27.9 Å². The van der Waals surface area contributed by atoms with Gasteiger partial charge in [0.1, 0.15) is 0 Å². The van der Waals surface area contributed by atoms with Crippen molar-refractivity contribution in [3.8, 4) is 0 Å². The van der Waals surface area contributed by atoms with E-state index in [2.05, 4.69) is 0 Å². The van der Waals surface area contributed by atoms with Gasteiger partial charge in [-0.2, -0.15) is 0 Å². The van der Waals surface area contributed by atoms with Crippen LogP contribution in [0.15, 0.2) is 12.1 Å². The van der Waals surface area contributed by atoms with Gasteiger partial charge in [0.2, 0.25) is 0 Å². The number of non-ortho nitro benzene ring substituents is 1. The zero-order chi connectivity index (χ0) is 15.6. The highest BCUT2D eigenvalue weighted by Crippen LogP contribution is 2.32. The van der Waals surface area contributed by atoms with Crippen molar-refractivity contribution in [1.29, 1.82) is 0 Å². The molecule has 0 atom stereocenters. The molecule has 0 bridgehead atoms. The first-order valence-corrected chi connectivity index (χ1v) is 7.15.